The zero-order valence-corrected chi connectivity index (χ0v) is 16.3. The van der Waals surface area contributed by atoms with E-state index in [1.54, 1.807) is 37.4 Å². The van der Waals surface area contributed by atoms with Crippen molar-refractivity contribution in [2.24, 2.45) is 0 Å². The van der Waals surface area contributed by atoms with E-state index in [0.29, 0.717) is 48.4 Å². The first-order chi connectivity index (χ1) is 13.6. The van der Waals surface area contributed by atoms with Gasteiger partial charge in [-0.3, -0.25) is 0 Å². The zero-order valence-electron chi connectivity index (χ0n) is 15.5. The van der Waals surface area contributed by atoms with Crippen LogP contribution in [0.25, 0.3) is 11.5 Å². The van der Waals surface area contributed by atoms with Gasteiger partial charge < -0.3 is 9.15 Å². The summed E-state index contributed by atoms with van der Waals surface area (Å²) in [6.45, 7) is 0.850. The van der Waals surface area contributed by atoms with Gasteiger partial charge >= 0.3 is 0 Å². The predicted molar refractivity (Wildman–Crippen MR) is 103 cm³/mol. The van der Waals surface area contributed by atoms with Gasteiger partial charge in [0.15, 0.2) is 0 Å². The molecule has 8 heteroatoms. The molecule has 3 aromatic rings. The molecule has 0 bridgehead atoms. The summed E-state index contributed by atoms with van der Waals surface area (Å²) in [7, 11) is -1.87. The Kier molecular flexibility index (Phi) is 5.15. The zero-order chi connectivity index (χ0) is 19.6. The summed E-state index contributed by atoms with van der Waals surface area (Å²) in [5, 5.41) is 8.35. The minimum Gasteiger partial charge on any atom is -0.496 e. The van der Waals surface area contributed by atoms with Crippen molar-refractivity contribution >= 4 is 10.0 Å². The number of hydrogen-bond donors (Lipinski definition) is 0. The minimum absolute atomic E-state index is 0.0400. The van der Waals surface area contributed by atoms with Crippen molar-refractivity contribution < 1.29 is 17.6 Å². The van der Waals surface area contributed by atoms with Crippen LogP contribution in [0.5, 0.6) is 5.75 Å². The first kappa shape index (κ1) is 18.6. The molecule has 0 N–H and O–H groups in total. The lowest BCUT2D eigenvalue weighted by Crippen LogP contribution is -2.37. The number of aromatic nitrogens is 2. The van der Waals surface area contributed by atoms with E-state index >= 15 is 0 Å². The van der Waals surface area contributed by atoms with E-state index in [-0.39, 0.29) is 5.92 Å². The number of benzene rings is 2. The minimum atomic E-state index is -3.46. The molecule has 1 aliphatic heterocycles. The number of piperidine rings is 1. The van der Waals surface area contributed by atoms with Gasteiger partial charge in [0.25, 0.3) is 5.89 Å². The molecule has 2 aromatic carbocycles. The second-order valence-corrected chi connectivity index (χ2v) is 8.58. The van der Waals surface area contributed by atoms with Crippen molar-refractivity contribution in [2.75, 3.05) is 20.2 Å². The molecule has 0 amide bonds. The first-order valence-corrected chi connectivity index (χ1v) is 10.6. The molecule has 0 spiro atoms. The van der Waals surface area contributed by atoms with Crippen LogP contribution in [-0.4, -0.2) is 43.1 Å². The van der Waals surface area contributed by atoms with Gasteiger partial charge in [-0.25, -0.2) is 8.42 Å². The third kappa shape index (κ3) is 3.53. The van der Waals surface area contributed by atoms with Gasteiger partial charge in [-0.05, 0) is 37.1 Å². The Morgan fingerprint density at radius 3 is 2.39 bits per heavy atom. The molecule has 0 aliphatic carbocycles. The van der Waals surface area contributed by atoms with E-state index in [2.05, 4.69) is 10.2 Å². The molecule has 1 aliphatic rings. The summed E-state index contributed by atoms with van der Waals surface area (Å²) < 4.78 is 38.3. The smallest absolute Gasteiger partial charge is 0.251 e. The Bertz CT molecular complexity index is 1040. The summed E-state index contributed by atoms with van der Waals surface area (Å²) in [5.74, 6) is 1.66. The fourth-order valence-electron chi connectivity index (χ4n) is 3.41. The van der Waals surface area contributed by atoms with Gasteiger partial charge in [-0.15, -0.1) is 10.2 Å². The van der Waals surface area contributed by atoms with Gasteiger partial charge in [-0.2, -0.15) is 4.31 Å². The molecule has 0 radical (unpaired) electrons. The standard InChI is InChI=1S/C20H21N3O4S/c1-26-18-10-6-5-9-17(18)20-22-21-19(27-20)15-11-13-23(14-12-15)28(24,25)16-7-3-2-4-8-16/h2-10,15H,11-14H2,1H3. The average Bonchev–Trinajstić information content (AvgIpc) is 3.24. The highest BCUT2D eigenvalue weighted by Gasteiger charge is 2.32. The summed E-state index contributed by atoms with van der Waals surface area (Å²) in [4.78, 5) is 0.324. The highest BCUT2D eigenvalue weighted by molar-refractivity contribution is 7.89. The largest absolute Gasteiger partial charge is 0.496 e. The fourth-order valence-corrected chi connectivity index (χ4v) is 4.91. The monoisotopic (exact) mass is 399 g/mol. The Morgan fingerprint density at radius 2 is 1.68 bits per heavy atom. The molecule has 1 saturated heterocycles. The summed E-state index contributed by atoms with van der Waals surface area (Å²) >= 11 is 0. The van der Waals surface area contributed by atoms with Crippen molar-refractivity contribution in [3.8, 4) is 17.2 Å². The molecule has 7 nitrogen and oxygen atoms in total. The number of para-hydroxylation sites is 1. The summed E-state index contributed by atoms with van der Waals surface area (Å²) in [6, 6.07) is 16.0. The predicted octanol–water partition coefficient (Wildman–Crippen LogP) is 3.31. The quantitative estimate of drug-likeness (QED) is 0.654. The van der Waals surface area contributed by atoms with Gasteiger partial charge in [-0.1, -0.05) is 30.3 Å². The second-order valence-electron chi connectivity index (χ2n) is 6.64. The van der Waals surface area contributed by atoms with E-state index in [1.165, 1.54) is 4.31 Å². The van der Waals surface area contributed by atoms with Gasteiger partial charge in [0.05, 0.1) is 17.6 Å². The number of rotatable bonds is 5. The Morgan fingerprint density at radius 1 is 1.00 bits per heavy atom. The van der Waals surface area contributed by atoms with Crippen LogP contribution in [0, 0.1) is 0 Å². The SMILES string of the molecule is COc1ccccc1-c1nnc(C2CCN(S(=O)(=O)c3ccccc3)CC2)o1. The fraction of sp³-hybridized carbons (Fsp3) is 0.300. The third-order valence-corrected chi connectivity index (χ3v) is 6.88. The summed E-state index contributed by atoms with van der Waals surface area (Å²) in [6.07, 6.45) is 1.28. The van der Waals surface area contributed by atoms with E-state index < -0.39 is 10.0 Å². The number of ether oxygens (including phenoxy) is 1. The van der Waals surface area contributed by atoms with E-state index in [1.807, 2.05) is 24.3 Å². The highest BCUT2D eigenvalue weighted by atomic mass is 32.2. The number of sulfonamides is 1. The molecule has 1 aromatic heterocycles. The first-order valence-electron chi connectivity index (χ1n) is 9.11. The van der Waals surface area contributed by atoms with Crippen molar-refractivity contribution in [3.63, 3.8) is 0 Å². The molecular formula is C20H21N3O4S. The maximum absolute atomic E-state index is 12.8. The lowest BCUT2D eigenvalue weighted by molar-refractivity contribution is 0.291. The third-order valence-electron chi connectivity index (χ3n) is 4.96. The summed E-state index contributed by atoms with van der Waals surface area (Å²) in [5.41, 5.74) is 0.743. The normalized spacial score (nSPS) is 16.2. The Balaban J connectivity index is 1.47. The maximum atomic E-state index is 12.8. The topological polar surface area (TPSA) is 85.5 Å². The molecule has 28 heavy (non-hydrogen) atoms. The molecule has 0 saturated carbocycles. The molecular weight excluding hydrogens is 378 g/mol. The van der Waals surface area contributed by atoms with Gasteiger partial charge in [0.1, 0.15) is 5.75 Å². The highest BCUT2D eigenvalue weighted by Crippen LogP contribution is 2.33. The lowest BCUT2D eigenvalue weighted by atomic mass is 9.98. The van der Waals surface area contributed by atoms with E-state index in [4.69, 9.17) is 9.15 Å². The van der Waals surface area contributed by atoms with Crippen LogP contribution in [0.15, 0.2) is 63.9 Å². The molecule has 4 rings (SSSR count). The molecule has 1 fully saturated rings. The van der Waals surface area contributed by atoms with Crippen LogP contribution >= 0.6 is 0 Å². The van der Waals surface area contributed by atoms with Crippen LogP contribution in [0.4, 0.5) is 0 Å². The molecule has 2 heterocycles. The van der Waals surface area contributed by atoms with Crippen molar-refractivity contribution in [1.29, 1.82) is 0 Å². The van der Waals surface area contributed by atoms with Crippen LogP contribution in [-0.2, 0) is 10.0 Å². The maximum Gasteiger partial charge on any atom is 0.251 e. The van der Waals surface area contributed by atoms with Crippen LogP contribution in [0.1, 0.15) is 24.7 Å². The average molecular weight is 399 g/mol. The number of nitrogens with zero attached hydrogens (tertiary/aromatic N) is 3. The second kappa shape index (κ2) is 7.73. The molecule has 0 unspecified atom stereocenters. The van der Waals surface area contributed by atoms with E-state index in [9.17, 15) is 8.42 Å². The molecule has 146 valence electrons. The van der Waals surface area contributed by atoms with Crippen LogP contribution in [0.2, 0.25) is 0 Å². The lowest BCUT2D eigenvalue weighted by Gasteiger charge is -2.29. The van der Waals surface area contributed by atoms with Crippen molar-refractivity contribution in [1.82, 2.24) is 14.5 Å². The molecule has 0 atom stereocenters. The Hall–Kier alpha value is -2.71. The Labute approximate surface area is 164 Å². The number of hydrogen-bond acceptors (Lipinski definition) is 6. The van der Waals surface area contributed by atoms with Crippen molar-refractivity contribution in [2.45, 2.75) is 23.7 Å². The van der Waals surface area contributed by atoms with Gasteiger partial charge in [0, 0.05) is 19.0 Å². The van der Waals surface area contributed by atoms with Crippen LogP contribution < -0.4 is 4.74 Å². The van der Waals surface area contributed by atoms with Crippen molar-refractivity contribution in [3.05, 3.63) is 60.5 Å². The van der Waals surface area contributed by atoms with E-state index in [0.717, 1.165) is 5.56 Å². The number of methoxy groups -OCH3 is 1. The van der Waals surface area contributed by atoms with Gasteiger partial charge in [0.2, 0.25) is 15.9 Å². The van der Waals surface area contributed by atoms with Crippen LogP contribution in [0.3, 0.4) is 0 Å².